The van der Waals surface area contributed by atoms with E-state index < -0.39 is 0 Å². The lowest BCUT2D eigenvalue weighted by Crippen LogP contribution is -2.29. The van der Waals surface area contributed by atoms with E-state index >= 15 is 0 Å². The molecule has 0 atom stereocenters. The van der Waals surface area contributed by atoms with Gasteiger partial charge in [-0.25, -0.2) is 0 Å². The van der Waals surface area contributed by atoms with E-state index in [-0.39, 0.29) is 23.9 Å². The maximum absolute atomic E-state index is 12.6. The van der Waals surface area contributed by atoms with Crippen molar-refractivity contribution < 1.29 is 4.79 Å². The van der Waals surface area contributed by atoms with Gasteiger partial charge in [0, 0.05) is 30.1 Å². The van der Waals surface area contributed by atoms with Crippen LogP contribution in [0.3, 0.4) is 0 Å². The number of aryl methyl sites for hydroxylation is 2. The summed E-state index contributed by atoms with van der Waals surface area (Å²) in [4.78, 5) is 27.6. The van der Waals surface area contributed by atoms with Gasteiger partial charge in [-0.2, -0.15) is 0 Å². The first kappa shape index (κ1) is 18.6. The standard InChI is InChI=1S/C23H24N2O2/c1-16-13-17(2)25-23(27)21(16)15-24-22(26)14-20(18-9-5-3-6-10-18)19-11-7-4-8-12-19/h3-13,20H,14-15H2,1-2H3,(H,24,26)(H,25,27). The van der Waals surface area contributed by atoms with Gasteiger partial charge in [-0.1, -0.05) is 60.7 Å². The van der Waals surface area contributed by atoms with Gasteiger partial charge in [-0.3, -0.25) is 9.59 Å². The fourth-order valence-electron chi connectivity index (χ4n) is 3.34. The number of carbonyl (C=O) groups is 1. The Labute approximate surface area is 159 Å². The molecule has 2 N–H and O–H groups in total. The Balaban J connectivity index is 1.75. The number of benzene rings is 2. The number of hydrogen-bond acceptors (Lipinski definition) is 2. The van der Waals surface area contributed by atoms with Crippen LogP contribution in [0.4, 0.5) is 0 Å². The molecule has 3 aromatic rings. The van der Waals surface area contributed by atoms with Gasteiger partial charge in [-0.15, -0.1) is 0 Å². The maximum Gasteiger partial charge on any atom is 0.253 e. The number of carbonyl (C=O) groups excluding carboxylic acids is 1. The smallest absolute Gasteiger partial charge is 0.253 e. The van der Waals surface area contributed by atoms with Crippen molar-refractivity contribution >= 4 is 5.91 Å². The van der Waals surface area contributed by atoms with E-state index in [1.54, 1.807) is 0 Å². The third kappa shape index (κ3) is 4.73. The topological polar surface area (TPSA) is 62.0 Å². The number of rotatable bonds is 6. The zero-order valence-electron chi connectivity index (χ0n) is 15.7. The highest BCUT2D eigenvalue weighted by Gasteiger charge is 2.18. The summed E-state index contributed by atoms with van der Waals surface area (Å²) in [5.41, 5.74) is 4.37. The second kappa shape index (κ2) is 8.49. The molecular weight excluding hydrogens is 336 g/mol. The lowest BCUT2D eigenvalue weighted by molar-refractivity contribution is -0.121. The van der Waals surface area contributed by atoms with Crippen LogP contribution in [0.15, 0.2) is 71.5 Å². The molecule has 0 aliphatic heterocycles. The second-order valence-electron chi connectivity index (χ2n) is 6.80. The van der Waals surface area contributed by atoms with Crippen LogP contribution in [-0.2, 0) is 11.3 Å². The Morgan fingerprint density at radius 2 is 1.52 bits per heavy atom. The van der Waals surface area contributed by atoms with E-state index in [2.05, 4.69) is 10.3 Å². The minimum absolute atomic E-state index is 0.0233. The summed E-state index contributed by atoms with van der Waals surface area (Å²) < 4.78 is 0. The van der Waals surface area contributed by atoms with Gasteiger partial charge in [0.05, 0.1) is 0 Å². The van der Waals surface area contributed by atoms with Gasteiger partial charge in [0.1, 0.15) is 0 Å². The van der Waals surface area contributed by atoms with E-state index in [4.69, 9.17) is 0 Å². The largest absolute Gasteiger partial charge is 0.352 e. The van der Waals surface area contributed by atoms with E-state index in [0.29, 0.717) is 12.0 Å². The summed E-state index contributed by atoms with van der Waals surface area (Å²) in [5, 5.41) is 2.91. The average Bonchev–Trinajstić information content (AvgIpc) is 2.66. The van der Waals surface area contributed by atoms with Gasteiger partial charge < -0.3 is 10.3 Å². The Morgan fingerprint density at radius 1 is 0.963 bits per heavy atom. The maximum atomic E-state index is 12.6. The molecule has 0 saturated carbocycles. The fraction of sp³-hybridized carbons (Fsp3) is 0.217. The Hall–Kier alpha value is -3.14. The predicted octanol–water partition coefficient (Wildman–Crippen LogP) is 3.83. The molecule has 0 aliphatic rings. The van der Waals surface area contributed by atoms with E-state index in [0.717, 1.165) is 22.4 Å². The van der Waals surface area contributed by atoms with E-state index in [1.165, 1.54) is 0 Å². The third-order valence-corrected chi connectivity index (χ3v) is 4.75. The number of H-pyrrole nitrogens is 1. The van der Waals surface area contributed by atoms with Gasteiger partial charge in [0.2, 0.25) is 5.91 Å². The first-order valence-corrected chi connectivity index (χ1v) is 9.10. The molecule has 3 rings (SSSR count). The number of aromatic nitrogens is 1. The third-order valence-electron chi connectivity index (χ3n) is 4.75. The zero-order valence-corrected chi connectivity index (χ0v) is 15.7. The lowest BCUT2D eigenvalue weighted by atomic mass is 9.88. The molecule has 0 fully saturated rings. The average molecular weight is 360 g/mol. The van der Waals surface area contributed by atoms with Crippen molar-refractivity contribution in [3.05, 3.63) is 105 Å². The number of pyridine rings is 1. The highest BCUT2D eigenvalue weighted by atomic mass is 16.1. The molecule has 4 nitrogen and oxygen atoms in total. The molecular formula is C23H24N2O2. The van der Waals surface area contributed by atoms with Crippen molar-refractivity contribution in [1.29, 1.82) is 0 Å². The minimum atomic E-state index is -0.143. The van der Waals surface area contributed by atoms with Gasteiger partial charge in [0.15, 0.2) is 0 Å². The van der Waals surface area contributed by atoms with Crippen LogP contribution < -0.4 is 10.9 Å². The summed E-state index contributed by atoms with van der Waals surface area (Å²) in [6, 6.07) is 22.0. The van der Waals surface area contributed by atoms with E-state index in [9.17, 15) is 9.59 Å². The van der Waals surface area contributed by atoms with Gasteiger partial charge >= 0.3 is 0 Å². The van der Waals surface area contributed by atoms with Crippen LogP contribution in [-0.4, -0.2) is 10.9 Å². The van der Waals surface area contributed by atoms with Crippen molar-refractivity contribution in [2.24, 2.45) is 0 Å². The highest BCUT2D eigenvalue weighted by molar-refractivity contribution is 5.77. The molecule has 2 aromatic carbocycles. The van der Waals surface area contributed by atoms with Crippen molar-refractivity contribution in [1.82, 2.24) is 10.3 Å². The summed E-state index contributed by atoms with van der Waals surface area (Å²) in [6.07, 6.45) is 0.330. The summed E-state index contributed by atoms with van der Waals surface area (Å²) >= 11 is 0. The molecule has 0 unspecified atom stereocenters. The number of aromatic amines is 1. The SMILES string of the molecule is Cc1cc(C)c(CNC(=O)CC(c2ccccc2)c2ccccc2)c(=O)[nH]1. The molecule has 27 heavy (non-hydrogen) atoms. The normalized spacial score (nSPS) is 10.8. The second-order valence-corrected chi connectivity index (χ2v) is 6.80. The van der Waals surface area contributed by atoms with E-state index in [1.807, 2.05) is 80.6 Å². The molecule has 1 amide bonds. The molecule has 0 radical (unpaired) electrons. The van der Waals surface area contributed by atoms with Crippen molar-refractivity contribution in [3.8, 4) is 0 Å². The van der Waals surface area contributed by atoms with Crippen LogP contribution in [0.25, 0.3) is 0 Å². The molecule has 0 bridgehead atoms. The summed E-state index contributed by atoms with van der Waals surface area (Å²) in [6.45, 7) is 3.97. The molecule has 1 aromatic heterocycles. The fourth-order valence-corrected chi connectivity index (χ4v) is 3.34. The van der Waals surface area contributed by atoms with Crippen LogP contribution in [0.2, 0.25) is 0 Å². The Kier molecular flexibility index (Phi) is 5.87. The number of amides is 1. The Morgan fingerprint density at radius 3 is 2.04 bits per heavy atom. The van der Waals surface area contributed by atoms with Crippen LogP contribution in [0.1, 0.15) is 40.3 Å². The monoisotopic (exact) mass is 360 g/mol. The van der Waals surface area contributed by atoms with Gasteiger partial charge in [-0.05, 0) is 36.6 Å². The van der Waals surface area contributed by atoms with Crippen LogP contribution >= 0.6 is 0 Å². The number of hydrogen-bond donors (Lipinski definition) is 2. The Bertz CT molecular complexity index is 923. The summed E-state index contributed by atoms with van der Waals surface area (Å²) in [7, 11) is 0. The molecule has 0 spiro atoms. The first-order valence-electron chi connectivity index (χ1n) is 9.10. The minimum Gasteiger partial charge on any atom is -0.352 e. The zero-order chi connectivity index (χ0) is 19.2. The number of nitrogens with one attached hydrogen (secondary N) is 2. The molecule has 4 heteroatoms. The van der Waals surface area contributed by atoms with Gasteiger partial charge in [0.25, 0.3) is 5.56 Å². The summed E-state index contributed by atoms with van der Waals surface area (Å²) in [5.74, 6) is -0.100. The van der Waals surface area contributed by atoms with Crippen molar-refractivity contribution in [2.75, 3.05) is 0 Å². The molecule has 0 saturated heterocycles. The molecule has 1 heterocycles. The first-order chi connectivity index (χ1) is 13.0. The molecule has 0 aliphatic carbocycles. The predicted molar refractivity (Wildman–Crippen MR) is 108 cm³/mol. The molecule has 138 valence electrons. The highest BCUT2D eigenvalue weighted by Crippen LogP contribution is 2.27. The van der Waals surface area contributed by atoms with Crippen LogP contribution in [0.5, 0.6) is 0 Å². The quantitative estimate of drug-likeness (QED) is 0.702. The van der Waals surface area contributed by atoms with Crippen molar-refractivity contribution in [2.45, 2.75) is 32.7 Å². The van der Waals surface area contributed by atoms with Crippen LogP contribution in [0, 0.1) is 13.8 Å². The van der Waals surface area contributed by atoms with Crippen molar-refractivity contribution in [3.63, 3.8) is 0 Å². The lowest BCUT2D eigenvalue weighted by Gasteiger charge is -2.18.